The number of benzene rings is 1. The molecule has 3 aliphatic carbocycles. The number of carbonyl (C=O) groups is 1. The van der Waals surface area contributed by atoms with E-state index >= 15 is 0 Å². The Bertz CT molecular complexity index is 508. The molecule has 2 bridgehead atoms. The lowest BCUT2D eigenvalue weighted by atomic mass is 9.45. The number of nitrogens with zero attached hydrogens (tertiary/aromatic N) is 1. The van der Waals surface area contributed by atoms with Crippen molar-refractivity contribution in [3.05, 3.63) is 35.9 Å². The highest BCUT2D eigenvalue weighted by Gasteiger charge is 2.57. The molecule has 0 heterocycles. The number of fused-ring (bicyclic) bond motifs is 2. The molecule has 0 saturated heterocycles. The Morgan fingerprint density at radius 1 is 1.24 bits per heavy atom. The fourth-order valence-electron chi connectivity index (χ4n) is 4.32. The van der Waals surface area contributed by atoms with Gasteiger partial charge in [0.1, 0.15) is 5.78 Å². The van der Waals surface area contributed by atoms with Crippen molar-refractivity contribution in [1.29, 1.82) is 0 Å². The van der Waals surface area contributed by atoms with E-state index in [2.05, 4.69) is 56.1 Å². The van der Waals surface area contributed by atoms with E-state index in [9.17, 15) is 4.79 Å². The number of hydrogen-bond acceptors (Lipinski definition) is 2. The average Bonchev–Trinajstić information content (AvgIpc) is 2.47. The van der Waals surface area contributed by atoms with Crippen molar-refractivity contribution < 1.29 is 4.79 Å². The number of rotatable bonds is 5. The third-order valence-electron chi connectivity index (χ3n) is 6.03. The van der Waals surface area contributed by atoms with E-state index in [0.29, 0.717) is 23.0 Å². The van der Waals surface area contributed by atoms with Crippen LogP contribution in [0.4, 0.5) is 0 Å². The van der Waals surface area contributed by atoms with Crippen molar-refractivity contribution in [2.45, 2.75) is 33.1 Å². The first kappa shape index (κ1) is 14.8. The molecule has 0 aliphatic heterocycles. The summed E-state index contributed by atoms with van der Waals surface area (Å²) in [7, 11) is 2.16. The topological polar surface area (TPSA) is 20.3 Å². The minimum absolute atomic E-state index is 0.269. The van der Waals surface area contributed by atoms with Gasteiger partial charge in [-0.25, -0.2) is 0 Å². The molecule has 0 aromatic heterocycles. The van der Waals surface area contributed by atoms with Crippen molar-refractivity contribution in [3.63, 3.8) is 0 Å². The summed E-state index contributed by atoms with van der Waals surface area (Å²) >= 11 is 0. The second-order valence-electron chi connectivity index (χ2n) is 7.64. The van der Waals surface area contributed by atoms with Crippen LogP contribution in [0.25, 0.3) is 0 Å². The number of ketones is 1. The Hall–Kier alpha value is -1.15. The molecule has 3 atom stereocenters. The molecule has 21 heavy (non-hydrogen) atoms. The summed E-state index contributed by atoms with van der Waals surface area (Å²) in [6.07, 6.45) is 3.16. The van der Waals surface area contributed by atoms with E-state index in [0.717, 1.165) is 25.9 Å². The second kappa shape index (κ2) is 5.57. The first-order valence-corrected chi connectivity index (χ1v) is 8.23. The lowest BCUT2D eigenvalue weighted by molar-refractivity contribution is -0.156. The molecule has 2 nitrogen and oxygen atoms in total. The number of hydrogen-bond donors (Lipinski definition) is 0. The lowest BCUT2D eigenvalue weighted by Gasteiger charge is -2.59. The smallest absolute Gasteiger partial charge is 0.137 e. The Labute approximate surface area is 128 Å². The zero-order valence-corrected chi connectivity index (χ0v) is 13.5. The molecule has 3 aliphatic rings. The normalized spacial score (nSPS) is 30.3. The predicted octanol–water partition coefficient (Wildman–Crippen LogP) is 3.41. The maximum Gasteiger partial charge on any atom is 0.137 e. The highest BCUT2D eigenvalue weighted by Crippen LogP contribution is 2.60. The van der Waals surface area contributed by atoms with Crippen LogP contribution in [-0.2, 0) is 11.2 Å². The van der Waals surface area contributed by atoms with Gasteiger partial charge in [0.2, 0.25) is 0 Å². The zero-order chi connectivity index (χ0) is 15.0. The standard InChI is InChI=1S/C19H27NO/c1-19(2)15-11-17(19)16(18(21)12-15)13-20(3)10-9-14-7-5-4-6-8-14/h4-8,15-17H,9-13H2,1-3H3. The minimum Gasteiger partial charge on any atom is -0.305 e. The molecular formula is C19H27NO. The van der Waals surface area contributed by atoms with Crippen LogP contribution >= 0.6 is 0 Å². The first-order chi connectivity index (χ1) is 9.98. The summed E-state index contributed by atoms with van der Waals surface area (Å²) in [6, 6.07) is 10.6. The Balaban J connectivity index is 1.54. The van der Waals surface area contributed by atoms with Gasteiger partial charge in [0.25, 0.3) is 0 Å². The van der Waals surface area contributed by atoms with Gasteiger partial charge in [0, 0.05) is 25.4 Å². The van der Waals surface area contributed by atoms with Gasteiger partial charge in [-0.3, -0.25) is 4.79 Å². The van der Waals surface area contributed by atoms with Crippen LogP contribution in [0.1, 0.15) is 32.3 Å². The number of Topliss-reactive ketones (excluding diaryl/α,β-unsaturated/α-hetero) is 1. The summed E-state index contributed by atoms with van der Waals surface area (Å²) in [5.74, 6) is 2.05. The quantitative estimate of drug-likeness (QED) is 0.826. The maximum absolute atomic E-state index is 12.3. The lowest BCUT2D eigenvalue weighted by Crippen LogP contribution is -2.58. The van der Waals surface area contributed by atoms with E-state index < -0.39 is 0 Å². The fourth-order valence-corrected chi connectivity index (χ4v) is 4.32. The molecule has 114 valence electrons. The molecule has 1 aromatic carbocycles. The monoisotopic (exact) mass is 285 g/mol. The molecule has 0 spiro atoms. The molecule has 3 saturated carbocycles. The van der Waals surface area contributed by atoms with Gasteiger partial charge >= 0.3 is 0 Å². The fraction of sp³-hybridized carbons (Fsp3) is 0.632. The van der Waals surface area contributed by atoms with Crippen LogP contribution in [0.5, 0.6) is 0 Å². The Kier molecular flexibility index (Phi) is 3.92. The van der Waals surface area contributed by atoms with Crippen molar-refractivity contribution in [2.24, 2.45) is 23.2 Å². The van der Waals surface area contributed by atoms with E-state index in [4.69, 9.17) is 0 Å². The van der Waals surface area contributed by atoms with Crippen LogP contribution in [0, 0.1) is 23.2 Å². The van der Waals surface area contributed by atoms with Gasteiger partial charge in [0.05, 0.1) is 0 Å². The van der Waals surface area contributed by atoms with Gasteiger partial charge in [-0.05, 0) is 42.7 Å². The predicted molar refractivity (Wildman–Crippen MR) is 86.1 cm³/mol. The number of likely N-dealkylation sites (N-methyl/N-ethyl adjacent to an activating group) is 1. The summed E-state index contributed by atoms with van der Waals surface area (Å²) in [4.78, 5) is 14.7. The molecule has 3 unspecified atom stereocenters. The molecule has 3 fully saturated rings. The van der Waals surface area contributed by atoms with Crippen LogP contribution in [0.2, 0.25) is 0 Å². The summed E-state index contributed by atoms with van der Waals surface area (Å²) in [6.45, 7) is 6.68. The minimum atomic E-state index is 0.269. The van der Waals surface area contributed by atoms with Crippen LogP contribution in [0.15, 0.2) is 30.3 Å². The molecule has 0 N–H and O–H groups in total. The summed E-state index contributed by atoms with van der Waals surface area (Å²) in [5.41, 5.74) is 1.77. The van der Waals surface area contributed by atoms with E-state index in [1.807, 2.05) is 0 Å². The molecule has 4 rings (SSSR count). The van der Waals surface area contributed by atoms with Crippen LogP contribution in [-0.4, -0.2) is 30.8 Å². The highest BCUT2D eigenvalue weighted by molar-refractivity contribution is 5.84. The molecule has 0 amide bonds. The average molecular weight is 285 g/mol. The Morgan fingerprint density at radius 2 is 1.95 bits per heavy atom. The zero-order valence-electron chi connectivity index (χ0n) is 13.5. The largest absolute Gasteiger partial charge is 0.305 e. The van der Waals surface area contributed by atoms with Gasteiger partial charge < -0.3 is 4.90 Å². The Morgan fingerprint density at radius 3 is 2.62 bits per heavy atom. The van der Waals surface area contributed by atoms with Crippen molar-refractivity contribution in [2.75, 3.05) is 20.1 Å². The van der Waals surface area contributed by atoms with E-state index in [-0.39, 0.29) is 5.92 Å². The molecule has 2 heteroatoms. The van der Waals surface area contributed by atoms with Crippen molar-refractivity contribution in [1.82, 2.24) is 4.90 Å². The van der Waals surface area contributed by atoms with Gasteiger partial charge in [0.15, 0.2) is 0 Å². The summed E-state index contributed by atoms with van der Waals surface area (Å²) in [5, 5.41) is 0. The highest BCUT2D eigenvalue weighted by atomic mass is 16.1. The van der Waals surface area contributed by atoms with Gasteiger partial charge in [-0.1, -0.05) is 44.2 Å². The third kappa shape index (κ3) is 2.78. The number of carbonyl (C=O) groups excluding carboxylic acids is 1. The maximum atomic E-state index is 12.3. The third-order valence-corrected chi connectivity index (χ3v) is 6.03. The van der Waals surface area contributed by atoms with Crippen LogP contribution < -0.4 is 0 Å². The van der Waals surface area contributed by atoms with Crippen LogP contribution in [0.3, 0.4) is 0 Å². The summed E-state index contributed by atoms with van der Waals surface area (Å²) < 4.78 is 0. The second-order valence-corrected chi connectivity index (χ2v) is 7.64. The van der Waals surface area contributed by atoms with E-state index in [1.54, 1.807) is 0 Å². The van der Waals surface area contributed by atoms with Crippen molar-refractivity contribution >= 4 is 5.78 Å². The molecule has 0 radical (unpaired) electrons. The van der Waals surface area contributed by atoms with Gasteiger partial charge in [-0.15, -0.1) is 0 Å². The van der Waals surface area contributed by atoms with E-state index in [1.165, 1.54) is 12.0 Å². The van der Waals surface area contributed by atoms with Gasteiger partial charge in [-0.2, -0.15) is 0 Å². The first-order valence-electron chi connectivity index (χ1n) is 8.23. The SMILES string of the molecule is CN(CCc1ccccc1)CC1C(=O)CC2CC1C2(C)C. The van der Waals surface area contributed by atoms with Crippen molar-refractivity contribution in [3.8, 4) is 0 Å². The molecule has 1 aromatic rings. The molecular weight excluding hydrogens is 258 g/mol.